The van der Waals surface area contributed by atoms with E-state index in [1.54, 1.807) is 7.05 Å². The molecule has 0 spiro atoms. The quantitative estimate of drug-likeness (QED) is 0.593. The molecule has 2 nitrogen and oxygen atoms in total. The average molecular weight is 143 g/mol. The molecule has 0 aromatic heterocycles. The van der Waals surface area contributed by atoms with Gasteiger partial charge in [0.25, 0.3) is 0 Å². The van der Waals surface area contributed by atoms with E-state index in [0.717, 1.165) is 12.8 Å². The SMILES string of the molecule is CC.CNC(=O)C1(C)CC1. The van der Waals surface area contributed by atoms with Crippen LogP contribution in [0.3, 0.4) is 0 Å². The molecule has 0 aromatic rings. The summed E-state index contributed by atoms with van der Waals surface area (Å²) in [6, 6.07) is 0. The zero-order valence-corrected chi connectivity index (χ0v) is 7.32. The third-order valence-electron chi connectivity index (χ3n) is 1.78. The minimum atomic E-state index is 0.00868. The van der Waals surface area contributed by atoms with Crippen molar-refractivity contribution in [1.82, 2.24) is 5.32 Å². The highest BCUT2D eigenvalue weighted by atomic mass is 16.2. The largest absolute Gasteiger partial charge is 0.359 e. The fraction of sp³-hybridized carbons (Fsp3) is 0.875. The normalized spacial score (nSPS) is 18.4. The fourth-order valence-electron chi connectivity index (χ4n) is 0.716. The Hall–Kier alpha value is -0.530. The van der Waals surface area contributed by atoms with Crippen molar-refractivity contribution in [3.05, 3.63) is 0 Å². The van der Waals surface area contributed by atoms with Gasteiger partial charge in [0.15, 0.2) is 0 Å². The van der Waals surface area contributed by atoms with Crippen molar-refractivity contribution >= 4 is 5.91 Å². The first-order chi connectivity index (χ1) is 4.69. The van der Waals surface area contributed by atoms with Crippen molar-refractivity contribution in [1.29, 1.82) is 0 Å². The van der Waals surface area contributed by atoms with Gasteiger partial charge in [-0.1, -0.05) is 20.8 Å². The summed E-state index contributed by atoms with van der Waals surface area (Å²) in [6.07, 6.45) is 2.12. The van der Waals surface area contributed by atoms with Gasteiger partial charge in [0, 0.05) is 12.5 Å². The van der Waals surface area contributed by atoms with Crippen LogP contribution in [-0.2, 0) is 4.79 Å². The molecule has 0 heterocycles. The Bertz CT molecular complexity index is 116. The molecular formula is C8H17NO. The van der Waals surface area contributed by atoms with E-state index in [0.29, 0.717) is 0 Å². The van der Waals surface area contributed by atoms with Crippen LogP contribution >= 0.6 is 0 Å². The van der Waals surface area contributed by atoms with Crippen LogP contribution in [0, 0.1) is 5.41 Å². The van der Waals surface area contributed by atoms with Gasteiger partial charge in [0.2, 0.25) is 5.91 Å². The molecule has 0 bridgehead atoms. The number of hydrogen-bond acceptors (Lipinski definition) is 1. The van der Waals surface area contributed by atoms with E-state index in [2.05, 4.69) is 5.32 Å². The first-order valence-corrected chi connectivity index (χ1v) is 3.91. The second kappa shape index (κ2) is 3.59. The Morgan fingerprint density at radius 3 is 1.90 bits per heavy atom. The average Bonchev–Trinajstić information content (AvgIpc) is 2.72. The lowest BCUT2D eigenvalue weighted by atomic mass is 10.1. The van der Waals surface area contributed by atoms with Gasteiger partial charge in [-0.05, 0) is 12.8 Å². The molecule has 1 aliphatic carbocycles. The molecule has 0 atom stereocenters. The molecule has 1 amide bonds. The van der Waals surface area contributed by atoms with E-state index in [-0.39, 0.29) is 11.3 Å². The van der Waals surface area contributed by atoms with Crippen LogP contribution in [0.5, 0.6) is 0 Å². The van der Waals surface area contributed by atoms with E-state index in [9.17, 15) is 4.79 Å². The molecule has 1 N–H and O–H groups in total. The van der Waals surface area contributed by atoms with E-state index in [4.69, 9.17) is 0 Å². The summed E-state index contributed by atoms with van der Waals surface area (Å²) < 4.78 is 0. The molecule has 1 rings (SSSR count). The molecule has 1 aliphatic rings. The number of nitrogens with one attached hydrogen (secondary N) is 1. The minimum Gasteiger partial charge on any atom is -0.359 e. The maximum atomic E-state index is 10.8. The predicted molar refractivity (Wildman–Crippen MR) is 42.8 cm³/mol. The highest BCUT2D eigenvalue weighted by Gasteiger charge is 2.44. The number of carbonyl (C=O) groups excluding carboxylic acids is 1. The molecule has 60 valence electrons. The van der Waals surface area contributed by atoms with Crippen LogP contribution in [0.2, 0.25) is 0 Å². The lowest BCUT2D eigenvalue weighted by Gasteiger charge is -2.02. The first kappa shape index (κ1) is 9.47. The van der Waals surface area contributed by atoms with E-state index < -0.39 is 0 Å². The second-order valence-electron chi connectivity index (χ2n) is 2.64. The third-order valence-corrected chi connectivity index (χ3v) is 1.78. The van der Waals surface area contributed by atoms with Gasteiger partial charge in [0.1, 0.15) is 0 Å². The molecule has 1 fully saturated rings. The Labute approximate surface area is 63.0 Å². The van der Waals surface area contributed by atoms with Crippen LogP contribution in [0.15, 0.2) is 0 Å². The van der Waals surface area contributed by atoms with Gasteiger partial charge in [-0.25, -0.2) is 0 Å². The van der Waals surface area contributed by atoms with Crippen molar-refractivity contribution in [2.75, 3.05) is 7.05 Å². The molecular weight excluding hydrogens is 126 g/mol. The number of carbonyl (C=O) groups is 1. The summed E-state index contributed by atoms with van der Waals surface area (Å²) in [5.41, 5.74) is 0.00868. The molecule has 0 unspecified atom stereocenters. The molecule has 10 heavy (non-hydrogen) atoms. The predicted octanol–water partition coefficient (Wildman–Crippen LogP) is 1.56. The minimum absolute atomic E-state index is 0.00868. The number of hydrogen-bond donors (Lipinski definition) is 1. The van der Waals surface area contributed by atoms with Gasteiger partial charge in [-0.2, -0.15) is 0 Å². The van der Waals surface area contributed by atoms with Gasteiger partial charge >= 0.3 is 0 Å². The van der Waals surface area contributed by atoms with Crippen LogP contribution in [0.1, 0.15) is 33.6 Å². The zero-order chi connectivity index (χ0) is 8.20. The van der Waals surface area contributed by atoms with Gasteiger partial charge in [0.05, 0.1) is 0 Å². The standard InChI is InChI=1S/C6H11NO.C2H6/c1-6(3-4-6)5(8)7-2;1-2/h3-4H2,1-2H3,(H,7,8);1-2H3. The summed E-state index contributed by atoms with van der Waals surface area (Å²) in [5.74, 6) is 0.192. The highest BCUT2D eigenvalue weighted by molar-refractivity contribution is 5.84. The molecule has 0 radical (unpaired) electrons. The number of amides is 1. The van der Waals surface area contributed by atoms with Crippen molar-refractivity contribution in [3.63, 3.8) is 0 Å². The van der Waals surface area contributed by atoms with Gasteiger partial charge < -0.3 is 5.32 Å². The Balaban J connectivity index is 0.000000371. The summed E-state index contributed by atoms with van der Waals surface area (Å²) in [7, 11) is 1.69. The Kier molecular flexibility index (Phi) is 3.40. The molecule has 0 saturated heterocycles. The van der Waals surface area contributed by atoms with E-state index in [1.165, 1.54) is 0 Å². The van der Waals surface area contributed by atoms with Crippen molar-refractivity contribution in [2.45, 2.75) is 33.6 Å². The van der Waals surface area contributed by atoms with Gasteiger partial charge in [-0.3, -0.25) is 4.79 Å². The topological polar surface area (TPSA) is 29.1 Å². The third kappa shape index (κ3) is 2.01. The summed E-state index contributed by atoms with van der Waals surface area (Å²) in [4.78, 5) is 10.8. The van der Waals surface area contributed by atoms with Crippen molar-refractivity contribution < 1.29 is 4.79 Å². The Morgan fingerprint density at radius 1 is 1.40 bits per heavy atom. The maximum Gasteiger partial charge on any atom is 0.225 e. The zero-order valence-electron chi connectivity index (χ0n) is 7.32. The maximum absolute atomic E-state index is 10.8. The lowest BCUT2D eigenvalue weighted by Crippen LogP contribution is -2.26. The number of rotatable bonds is 1. The van der Waals surface area contributed by atoms with Crippen molar-refractivity contribution in [2.24, 2.45) is 5.41 Å². The van der Waals surface area contributed by atoms with E-state index >= 15 is 0 Å². The fourth-order valence-corrected chi connectivity index (χ4v) is 0.716. The van der Waals surface area contributed by atoms with Crippen molar-refractivity contribution in [3.8, 4) is 0 Å². The summed E-state index contributed by atoms with van der Waals surface area (Å²) in [6.45, 7) is 5.99. The summed E-state index contributed by atoms with van der Waals surface area (Å²) >= 11 is 0. The smallest absolute Gasteiger partial charge is 0.225 e. The van der Waals surface area contributed by atoms with Crippen LogP contribution in [-0.4, -0.2) is 13.0 Å². The Morgan fingerprint density at radius 2 is 1.80 bits per heavy atom. The van der Waals surface area contributed by atoms with Crippen LogP contribution < -0.4 is 5.32 Å². The second-order valence-corrected chi connectivity index (χ2v) is 2.64. The van der Waals surface area contributed by atoms with Gasteiger partial charge in [-0.15, -0.1) is 0 Å². The lowest BCUT2D eigenvalue weighted by molar-refractivity contribution is -0.125. The van der Waals surface area contributed by atoms with E-state index in [1.807, 2.05) is 20.8 Å². The highest BCUT2D eigenvalue weighted by Crippen LogP contribution is 2.44. The summed E-state index contributed by atoms with van der Waals surface area (Å²) in [5, 5.41) is 2.63. The first-order valence-electron chi connectivity index (χ1n) is 3.91. The van der Waals surface area contributed by atoms with Crippen LogP contribution in [0.25, 0.3) is 0 Å². The molecule has 2 heteroatoms. The molecule has 0 aliphatic heterocycles. The van der Waals surface area contributed by atoms with Crippen LogP contribution in [0.4, 0.5) is 0 Å². The molecule has 1 saturated carbocycles. The molecule has 0 aromatic carbocycles. The monoisotopic (exact) mass is 143 g/mol.